The number of nitrogens with zero attached hydrogens (tertiary/aromatic N) is 2. The second kappa shape index (κ2) is 7.23. The Balaban J connectivity index is 1.77. The highest BCUT2D eigenvalue weighted by atomic mass is 32.2. The van der Waals surface area contributed by atoms with Gasteiger partial charge in [-0.25, -0.2) is 8.42 Å². The van der Waals surface area contributed by atoms with E-state index in [0.29, 0.717) is 30.1 Å². The molecule has 10 nitrogen and oxygen atoms in total. The summed E-state index contributed by atoms with van der Waals surface area (Å²) in [5.74, 6) is 0.703. The predicted octanol–water partition coefficient (Wildman–Crippen LogP) is 1.44. The minimum absolute atomic E-state index is 0.0310. The summed E-state index contributed by atoms with van der Waals surface area (Å²) >= 11 is 0. The molecule has 0 aliphatic heterocycles. The van der Waals surface area contributed by atoms with Gasteiger partial charge in [0.05, 0.1) is 21.5 Å². The lowest BCUT2D eigenvalue weighted by molar-refractivity contribution is 0.301. The third-order valence-electron chi connectivity index (χ3n) is 5.25. The number of fused-ring (bicyclic) bond motifs is 1. The maximum absolute atomic E-state index is 13.2. The van der Waals surface area contributed by atoms with Crippen LogP contribution in [0, 0.1) is 6.92 Å². The van der Waals surface area contributed by atoms with Crippen LogP contribution in [0.25, 0.3) is 11.0 Å². The van der Waals surface area contributed by atoms with Crippen molar-refractivity contribution in [1.82, 2.24) is 24.8 Å². The zero-order chi connectivity index (χ0) is 20.6. The van der Waals surface area contributed by atoms with Gasteiger partial charge in [0.2, 0.25) is 15.9 Å². The quantitative estimate of drug-likeness (QED) is 0.427. The van der Waals surface area contributed by atoms with Crippen LogP contribution in [-0.4, -0.2) is 28.5 Å². The number of aromatic amines is 2. The molecule has 0 amide bonds. The van der Waals surface area contributed by atoms with Crippen molar-refractivity contribution in [2.24, 2.45) is 0 Å². The molecule has 1 fully saturated rings. The van der Waals surface area contributed by atoms with E-state index in [1.165, 1.54) is 18.2 Å². The highest BCUT2D eigenvalue weighted by Crippen LogP contribution is 2.36. The maximum atomic E-state index is 13.2. The van der Waals surface area contributed by atoms with E-state index in [9.17, 15) is 18.0 Å². The predicted molar refractivity (Wildman–Crippen MR) is 104 cm³/mol. The number of hydrogen-bond acceptors (Lipinski definition) is 7. The number of aryl methyl sites for hydroxylation is 1. The van der Waals surface area contributed by atoms with Gasteiger partial charge in [-0.15, -0.1) is 0 Å². The van der Waals surface area contributed by atoms with Crippen LogP contribution in [0.4, 0.5) is 0 Å². The van der Waals surface area contributed by atoms with Crippen molar-refractivity contribution >= 4 is 21.1 Å². The molecule has 154 valence electrons. The molecule has 1 saturated carbocycles. The largest absolute Gasteiger partial charge is 0.340 e. The SMILES string of the molecule is Cc1nc(C2(NS(=O)(=O)c3ccc4[nH]c(=O)c(=O)[nH]c4c3)CCCCCC2)no1. The van der Waals surface area contributed by atoms with Gasteiger partial charge in [0, 0.05) is 6.92 Å². The molecule has 2 heterocycles. The van der Waals surface area contributed by atoms with Crippen LogP contribution in [-0.2, 0) is 15.6 Å². The normalized spacial score (nSPS) is 17.3. The number of H-pyrrole nitrogens is 2. The monoisotopic (exact) mass is 419 g/mol. The summed E-state index contributed by atoms with van der Waals surface area (Å²) in [5.41, 5.74) is -2.03. The molecule has 4 rings (SSSR count). The zero-order valence-corrected chi connectivity index (χ0v) is 16.6. The molecule has 0 radical (unpaired) electrons. The Morgan fingerprint density at radius 3 is 2.31 bits per heavy atom. The number of rotatable bonds is 4. The Bertz CT molecular complexity index is 1270. The highest BCUT2D eigenvalue weighted by Gasteiger charge is 2.41. The van der Waals surface area contributed by atoms with Crippen LogP contribution in [0.1, 0.15) is 50.2 Å². The minimum Gasteiger partial charge on any atom is -0.340 e. The van der Waals surface area contributed by atoms with Crippen molar-refractivity contribution < 1.29 is 12.9 Å². The number of nitrogens with one attached hydrogen (secondary N) is 3. The van der Waals surface area contributed by atoms with Crippen molar-refractivity contribution in [3.8, 4) is 0 Å². The average molecular weight is 419 g/mol. The Morgan fingerprint density at radius 2 is 1.69 bits per heavy atom. The fourth-order valence-corrected chi connectivity index (χ4v) is 5.22. The molecule has 0 bridgehead atoms. The molecule has 0 atom stereocenters. The first kappa shape index (κ1) is 19.5. The van der Waals surface area contributed by atoms with Gasteiger partial charge in [0.1, 0.15) is 0 Å². The van der Waals surface area contributed by atoms with Gasteiger partial charge in [-0.2, -0.15) is 9.71 Å². The summed E-state index contributed by atoms with van der Waals surface area (Å²) < 4.78 is 34.4. The highest BCUT2D eigenvalue weighted by molar-refractivity contribution is 7.89. The lowest BCUT2D eigenvalue weighted by Gasteiger charge is -2.30. The van der Waals surface area contributed by atoms with Crippen LogP contribution in [0.5, 0.6) is 0 Å². The molecular weight excluding hydrogens is 398 g/mol. The zero-order valence-electron chi connectivity index (χ0n) is 15.8. The molecular formula is C18H21N5O5S. The molecule has 0 unspecified atom stereocenters. The Morgan fingerprint density at radius 1 is 1.03 bits per heavy atom. The summed E-state index contributed by atoms with van der Waals surface area (Å²) in [5, 5.41) is 4.00. The fourth-order valence-electron chi connectivity index (χ4n) is 3.77. The first-order chi connectivity index (χ1) is 13.8. The van der Waals surface area contributed by atoms with Gasteiger partial charge in [0.15, 0.2) is 5.82 Å². The van der Waals surface area contributed by atoms with Crippen molar-refractivity contribution in [1.29, 1.82) is 0 Å². The van der Waals surface area contributed by atoms with E-state index in [2.05, 4.69) is 24.8 Å². The molecule has 0 saturated heterocycles. The standard InChI is InChI=1S/C18H21N5O5S/c1-11-19-17(22-28-11)18(8-4-2-3-5-9-18)23-29(26,27)12-6-7-13-14(10-12)21-16(25)15(24)20-13/h6-7,10,23H,2-5,8-9H2,1H3,(H,20,24)(H,21,25). The van der Waals surface area contributed by atoms with E-state index in [1.54, 1.807) is 6.92 Å². The molecule has 3 aromatic rings. The number of aromatic nitrogens is 4. The lowest BCUT2D eigenvalue weighted by Crippen LogP contribution is -2.46. The first-order valence-corrected chi connectivity index (χ1v) is 10.9. The number of benzene rings is 1. The summed E-state index contributed by atoms with van der Waals surface area (Å²) in [4.78, 5) is 32.1. The van der Waals surface area contributed by atoms with E-state index in [-0.39, 0.29) is 10.4 Å². The van der Waals surface area contributed by atoms with Gasteiger partial charge in [-0.05, 0) is 31.0 Å². The van der Waals surface area contributed by atoms with Gasteiger partial charge >= 0.3 is 11.1 Å². The van der Waals surface area contributed by atoms with Gasteiger partial charge in [-0.3, -0.25) is 9.59 Å². The lowest BCUT2D eigenvalue weighted by atomic mass is 9.91. The Hall–Kier alpha value is -2.79. The summed E-state index contributed by atoms with van der Waals surface area (Å²) in [6.07, 6.45) is 4.80. The topological polar surface area (TPSA) is 151 Å². The second-order valence-corrected chi connectivity index (χ2v) is 9.04. The summed E-state index contributed by atoms with van der Waals surface area (Å²) in [6, 6.07) is 4.14. The fraction of sp³-hybridized carbons (Fsp3) is 0.444. The third kappa shape index (κ3) is 3.75. The molecule has 2 aromatic heterocycles. The smallest absolute Gasteiger partial charge is 0.314 e. The number of hydrogen-bond donors (Lipinski definition) is 3. The van der Waals surface area contributed by atoms with Crippen LogP contribution < -0.4 is 15.8 Å². The molecule has 11 heteroatoms. The summed E-state index contributed by atoms with van der Waals surface area (Å²) in [6.45, 7) is 1.66. The van der Waals surface area contributed by atoms with Crippen LogP contribution in [0.15, 0.2) is 37.2 Å². The molecule has 0 spiro atoms. The van der Waals surface area contributed by atoms with Gasteiger partial charge in [-0.1, -0.05) is 30.8 Å². The molecule has 1 aliphatic rings. The molecule has 1 aliphatic carbocycles. The second-order valence-electron chi connectivity index (χ2n) is 7.35. The third-order valence-corrected chi connectivity index (χ3v) is 6.78. The van der Waals surface area contributed by atoms with Crippen LogP contribution in [0.3, 0.4) is 0 Å². The van der Waals surface area contributed by atoms with Crippen molar-refractivity contribution in [2.45, 2.75) is 55.9 Å². The number of sulfonamides is 1. The van der Waals surface area contributed by atoms with E-state index in [0.717, 1.165) is 25.7 Å². The molecule has 3 N–H and O–H groups in total. The van der Waals surface area contributed by atoms with Gasteiger partial charge < -0.3 is 14.5 Å². The maximum Gasteiger partial charge on any atom is 0.314 e. The van der Waals surface area contributed by atoms with Crippen LogP contribution in [0.2, 0.25) is 0 Å². The van der Waals surface area contributed by atoms with Crippen molar-refractivity contribution in [3.05, 3.63) is 50.6 Å². The Labute approximate surface area is 165 Å². The first-order valence-electron chi connectivity index (χ1n) is 9.40. The summed E-state index contributed by atoms with van der Waals surface area (Å²) in [7, 11) is -3.97. The molecule has 1 aromatic carbocycles. The van der Waals surface area contributed by atoms with Crippen molar-refractivity contribution in [2.75, 3.05) is 0 Å². The minimum atomic E-state index is -3.97. The van der Waals surface area contributed by atoms with Crippen LogP contribution >= 0.6 is 0 Å². The average Bonchev–Trinajstić information content (AvgIpc) is 2.98. The van der Waals surface area contributed by atoms with E-state index < -0.39 is 26.7 Å². The van der Waals surface area contributed by atoms with Gasteiger partial charge in [0.25, 0.3) is 0 Å². The van der Waals surface area contributed by atoms with E-state index in [1.807, 2.05) is 0 Å². The van der Waals surface area contributed by atoms with E-state index >= 15 is 0 Å². The molecule has 29 heavy (non-hydrogen) atoms. The van der Waals surface area contributed by atoms with E-state index in [4.69, 9.17) is 4.52 Å². The Kier molecular flexibility index (Phi) is 4.87. The van der Waals surface area contributed by atoms with Crippen molar-refractivity contribution in [3.63, 3.8) is 0 Å².